The average molecular weight is 572 g/mol. The van der Waals surface area contributed by atoms with Gasteiger partial charge in [0.15, 0.2) is 0 Å². The Kier molecular flexibility index (Phi) is 21.9. The van der Waals surface area contributed by atoms with E-state index < -0.39 is 79.2 Å². The van der Waals surface area contributed by atoms with Crippen molar-refractivity contribution in [1.29, 1.82) is 0 Å². The minimum Gasteiger partial charge on any atom is -0.726 e. The second-order valence-corrected chi connectivity index (χ2v) is 8.62. The minimum atomic E-state index is -5.75. The van der Waals surface area contributed by atoms with Gasteiger partial charge in [0.25, 0.3) is 0 Å². The molecule has 1 aliphatic heterocycles. The second-order valence-electron chi connectivity index (χ2n) is 4.55. The zero-order valence-electron chi connectivity index (χ0n) is 16.3. The summed E-state index contributed by atoms with van der Waals surface area (Å²) in [6, 6.07) is 0. The predicted octanol–water partition coefficient (Wildman–Crippen LogP) is -16.6. The Bertz CT molecular complexity index is 945. The van der Waals surface area contributed by atoms with E-state index in [1.165, 1.54) is 0 Å². The van der Waals surface area contributed by atoms with Gasteiger partial charge in [-0.25, -0.2) is 33.7 Å². The van der Waals surface area contributed by atoms with Gasteiger partial charge in [-0.3, -0.25) is 16.7 Å². The first-order valence-corrected chi connectivity index (χ1v) is 11.3. The molecule has 1 fully saturated rings. The Labute approximate surface area is 266 Å². The minimum absolute atomic E-state index is 0. The first kappa shape index (κ1) is 41.6. The van der Waals surface area contributed by atoms with Crippen LogP contribution in [0.2, 0.25) is 0 Å². The molecule has 1 saturated heterocycles. The average Bonchev–Trinajstić information content (AvgIpc) is 2.36. The Morgan fingerprint density at radius 1 is 0.645 bits per heavy atom. The van der Waals surface area contributed by atoms with E-state index in [2.05, 4.69) is 21.5 Å². The van der Waals surface area contributed by atoms with Crippen LogP contribution in [0.25, 0.3) is 0 Å². The van der Waals surface area contributed by atoms with Gasteiger partial charge in [-0.2, -0.15) is 0 Å². The van der Waals surface area contributed by atoms with Crippen molar-refractivity contribution in [3.05, 3.63) is 0 Å². The molecule has 1 aliphatic rings. The van der Waals surface area contributed by atoms with Crippen molar-refractivity contribution in [2.75, 3.05) is 13.2 Å². The van der Waals surface area contributed by atoms with E-state index in [9.17, 15) is 51.9 Å². The molecule has 25 heteroatoms. The van der Waals surface area contributed by atoms with Crippen molar-refractivity contribution in [1.82, 2.24) is 0 Å². The maximum Gasteiger partial charge on any atom is 1.00 e. The molecule has 0 aliphatic carbocycles. The fourth-order valence-electron chi connectivity index (χ4n) is 1.86. The van der Waals surface area contributed by atoms with Crippen LogP contribution in [0.1, 0.15) is 0 Å². The molecule has 0 bridgehead atoms. The third-order valence-electron chi connectivity index (χ3n) is 2.61. The summed E-state index contributed by atoms with van der Waals surface area (Å²) >= 11 is 0. The fraction of sp³-hybridized carbons (Fsp3) is 1.00. The maximum absolute atomic E-state index is 10.8. The molecule has 0 aromatic rings. The molecule has 4 atom stereocenters. The fourth-order valence-corrected chi connectivity index (χ4v) is 3.64. The molecule has 0 N–H and O–H groups in total. The maximum atomic E-state index is 10.8. The molecule has 0 aromatic heterocycles. The van der Waals surface area contributed by atoms with Crippen LogP contribution in [-0.4, -0.2) is 89.5 Å². The van der Waals surface area contributed by atoms with Crippen LogP contribution in [0.3, 0.4) is 0 Å². The summed E-state index contributed by atoms with van der Waals surface area (Å²) in [5, 5.41) is 0. The van der Waals surface area contributed by atoms with Crippen LogP contribution in [0, 0.1) is 0 Å². The van der Waals surface area contributed by atoms with Crippen LogP contribution < -0.4 is 118 Å². The van der Waals surface area contributed by atoms with E-state index in [1.54, 1.807) is 0 Å². The summed E-state index contributed by atoms with van der Waals surface area (Å²) in [4.78, 5) is 0. The van der Waals surface area contributed by atoms with Gasteiger partial charge in [0.2, 0.25) is 41.6 Å². The summed E-state index contributed by atoms with van der Waals surface area (Å²) in [6.07, 6.45) is -9.56. The first-order chi connectivity index (χ1) is 11.9. The molecule has 1 heterocycles. The van der Waals surface area contributed by atoms with Crippen LogP contribution in [0.5, 0.6) is 0 Å². The number of hydrogen-bond donors (Lipinski definition) is 0. The zero-order valence-corrected chi connectivity index (χ0v) is 27.6. The monoisotopic (exact) mass is 572 g/mol. The molecular weight excluding hydrogens is 564 g/mol. The predicted molar refractivity (Wildman–Crippen MR) is 69.1 cm³/mol. The third-order valence-corrected chi connectivity index (χ3v) is 4.43. The van der Waals surface area contributed by atoms with E-state index in [0.717, 1.165) is 0 Å². The van der Waals surface area contributed by atoms with Crippen molar-refractivity contribution in [3.8, 4) is 0 Å². The standard InChI is InChI=1S/C6H12O17S4.4Na/c7-24(8,9)20-2-3-5(22-26(13,14)15)6(23-27(16,17)18)4(1-19-3)21-25(10,11)12;;;;/h3-6H,1-2H2,(H,7,8,9)(H,10,11,12)(H,13,14,15)(H,16,17,18);;;;/q;4*+1/p-4/t3-,4+,5-,6-;;;;/m1..../s1. The van der Waals surface area contributed by atoms with Gasteiger partial charge >= 0.3 is 118 Å². The van der Waals surface area contributed by atoms with E-state index in [-0.39, 0.29) is 118 Å². The van der Waals surface area contributed by atoms with Crippen molar-refractivity contribution in [2.45, 2.75) is 24.4 Å². The van der Waals surface area contributed by atoms with Gasteiger partial charge in [0, 0.05) is 0 Å². The smallest absolute Gasteiger partial charge is 0.726 e. The van der Waals surface area contributed by atoms with Gasteiger partial charge in [0.1, 0.15) is 24.4 Å². The normalized spacial score (nSPS) is 24.5. The van der Waals surface area contributed by atoms with E-state index >= 15 is 0 Å². The second kappa shape index (κ2) is 16.3. The van der Waals surface area contributed by atoms with E-state index in [0.29, 0.717) is 0 Å². The number of ether oxygens (including phenoxy) is 1. The molecular formula is C6H8Na4O17S4. The number of hydrogen-bond acceptors (Lipinski definition) is 17. The Morgan fingerprint density at radius 3 is 1.39 bits per heavy atom. The van der Waals surface area contributed by atoms with Crippen LogP contribution in [-0.2, 0) is 63.1 Å². The summed E-state index contributed by atoms with van der Waals surface area (Å²) < 4.78 is 148. The largest absolute Gasteiger partial charge is 1.00 e. The molecule has 17 nitrogen and oxygen atoms in total. The van der Waals surface area contributed by atoms with E-state index in [4.69, 9.17) is 0 Å². The van der Waals surface area contributed by atoms with E-state index in [1.807, 2.05) is 0 Å². The Morgan fingerprint density at radius 2 is 1.03 bits per heavy atom. The Balaban J connectivity index is -0.000000911. The van der Waals surface area contributed by atoms with Crippen LogP contribution in [0.15, 0.2) is 0 Å². The van der Waals surface area contributed by atoms with Crippen molar-refractivity contribution >= 4 is 41.6 Å². The summed E-state index contributed by atoms with van der Waals surface area (Å²) in [5.74, 6) is 0. The molecule has 1 rings (SSSR count). The van der Waals surface area contributed by atoms with Crippen LogP contribution >= 0.6 is 0 Å². The van der Waals surface area contributed by atoms with Crippen molar-refractivity contribution in [2.24, 2.45) is 0 Å². The summed E-state index contributed by atoms with van der Waals surface area (Å²) in [7, 11) is -22.5. The molecule has 0 amide bonds. The molecule has 31 heavy (non-hydrogen) atoms. The third kappa shape index (κ3) is 19.2. The first-order valence-electron chi connectivity index (χ1n) is 6.00. The quantitative estimate of drug-likeness (QED) is 0.141. The topological polar surface area (TPSA) is 275 Å². The summed E-state index contributed by atoms with van der Waals surface area (Å²) in [6.45, 7) is -2.49. The van der Waals surface area contributed by atoms with Crippen molar-refractivity contribution in [3.63, 3.8) is 0 Å². The van der Waals surface area contributed by atoms with Gasteiger partial charge in [-0.05, 0) is 0 Å². The molecule has 0 unspecified atom stereocenters. The molecule has 0 saturated carbocycles. The molecule has 0 aromatic carbocycles. The number of rotatable bonds is 9. The molecule has 0 spiro atoms. The SMILES string of the molecule is O=S(=O)([O-])OC[C@H]1OC[C@H](OS(=O)(=O)[O-])[C@@H](OS(=O)(=O)[O-])[C@@H]1OS(=O)(=O)[O-].[Na+].[Na+].[Na+].[Na+]. The van der Waals surface area contributed by atoms with Crippen LogP contribution in [0.4, 0.5) is 0 Å². The van der Waals surface area contributed by atoms with Crippen molar-refractivity contribution < 1.29 is 192 Å². The molecule has 162 valence electrons. The van der Waals surface area contributed by atoms with Gasteiger partial charge in [0.05, 0.1) is 13.2 Å². The molecule has 0 radical (unpaired) electrons. The van der Waals surface area contributed by atoms with Gasteiger partial charge in [-0.15, -0.1) is 0 Å². The van der Waals surface area contributed by atoms with Gasteiger partial charge in [-0.1, -0.05) is 0 Å². The Hall–Kier alpha value is 3.44. The van der Waals surface area contributed by atoms with Gasteiger partial charge < -0.3 is 22.9 Å². The summed E-state index contributed by atoms with van der Waals surface area (Å²) in [5.41, 5.74) is 0. The zero-order chi connectivity index (χ0) is 21.3.